The standard InChI is InChI=1S/C13H16FNO/c1-2-12(16)15-9-13(7-8-13)10-5-3-4-6-11(10)14/h3-6H,2,7-9H2,1H3,(H,15,16). The average Bonchev–Trinajstić information content (AvgIpc) is 3.07. The molecule has 1 aromatic rings. The summed E-state index contributed by atoms with van der Waals surface area (Å²) in [7, 11) is 0. The van der Waals surface area contributed by atoms with Gasteiger partial charge >= 0.3 is 0 Å². The first-order valence-corrected chi connectivity index (χ1v) is 5.70. The Morgan fingerprint density at radius 3 is 2.69 bits per heavy atom. The van der Waals surface area contributed by atoms with Crippen LogP contribution in [0.4, 0.5) is 4.39 Å². The second-order valence-electron chi connectivity index (χ2n) is 4.39. The zero-order valence-electron chi connectivity index (χ0n) is 9.42. The lowest BCUT2D eigenvalue weighted by Gasteiger charge is -2.17. The Morgan fingerprint density at radius 1 is 1.44 bits per heavy atom. The van der Waals surface area contributed by atoms with Crippen molar-refractivity contribution in [3.05, 3.63) is 35.6 Å². The summed E-state index contributed by atoms with van der Waals surface area (Å²) in [6.07, 6.45) is 2.39. The summed E-state index contributed by atoms with van der Waals surface area (Å²) >= 11 is 0. The van der Waals surface area contributed by atoms with Gasteiger partial charge in [0.05, 0.1) is 0 Å². The summed E-state index contributed by atoms with van der Waals surface area (Å²) in [5, 5.41) is 2.86. The maximum atomic E-state index is 13.6. The molecule has 0 bridgehead atoms. The quantitative estimate of drug-likeness (QED) is 0.831. The lowest BCUT2D eigenvalue weighted by Crippen LogP contribution is -2.32. The summed E-state index contributed by atoms with van der Waals surface area (Å²) in [6, 6.07) is 6.84. The van der Waals surface area contributed by atoms with Gasteiger partial charge in [0.25, 0.3) is 0 Å². The molecule has 1 fully saturated rings. The molecule has 1 aliphatic rings. The summed E-state index contributed by atoms with van der Waals surface area (Å²) in [5.41, 5.74) is 0.599. The van der Waals surface area contributed by atoms with Gasteiger partial charge in [-0.2, -0.15) is 0 Å². The van der Waals surface area contributed by atoms with Crippen LogP contribution in [0.2, 0.25) is 0 Å². The summed E-state index contributed by atoms with van der Waals surface area (Å²) in [5.74, 6) is -0.131. The van der Waals surface area contributed by atoms with E-state index < -0.39 is 0 Å². The van der Waals surface area contributed by atoms with Gasteiger partial charge in [0.2, 0.25) is 5.91 Å². The first-order valence-electron chi connectivity index (χ1n) is 5.70. The third kappa shape index (κ3) is 2.08. The van der Waals surface area contributed by atoms with Crippen molar-refractivity contribution in [2.24, 2.45) is 0 Å². The topological polar surface area (TPSA) is 29.1 Å². The number of rotatable bonds is 4. The summed E-state index contributed by atoms with van der Waals surface area (Å²) in [4.78, 5) is 11.2. The van der Waals surface area contributed by atoms with Crippen molar-refractivity contribution in [3.8, 4) is 0 Å². The van der Waals surface area contributed by atoms with Crippen LogP contribution in [0.15, 0.2) is 24.3 Å². The number of halogens is 1. The molecule has 0 spiro atoms. The Labute approximate surface area is 94.9 Å². The molecule has 1 aliphatic carbocycles. The van der Waals surface area contributed by atoms with Crippen molar-refractivity contribution < 1.29 is 9.18 Å². The van der Waals surface area contributed by atoms with E-state index in [4.69, 9.17) is 0 Å². The van der Waals surface area contributed by atoms with Gasteiger partial charge in [-0.05, 0) is 24.5 Å². The van der Waals surface area contributed by atoms with E-state index in [-0.39, 0.29) is 17.1 Å². The van der Waals surface area contributed by atoms with Crippen LogP contribution in [0.5, 0.6) is 0 Å². The van der Waals surface area contributed by atoms with Gasteiger partial charge in [-0.3, -0.25) is 4.79 Å². The average molecular weight is 221 g/mol. The van der Waals surface area contributed by atoms with E-state index in [9.17, 15) is 9.18 Å². The number of nitrogens with one attached hydrogen (secondary N) is 1. The van der Waals surface area contributed by atoms with Gasteiger partial charge in [0, 0.05) is 18.4 Å². The highest BCUT2D eigenvalue weighted by atomic mass is 19.1. The molecular weight excluding hydrogens is 205 g/mol. The first-order chi connectivity index (χ1) is 7.68. The molecule has 2 rings (SSSR count). The van der Waals surface area contributed by atoms with Gasteiger partial charge in [-0.1, -0.05) is 25.1 Å². The van der Waals surface area contributed by atoms with Crippen LogP contribution in [-0.4, -0.2) is 12.5 Å². The number of hydrogen-bond donors (Lipinski definition) is 1. The van der Waals surface area contributed by atoms with Crippen molar-refractivity contribution in [1.82, 2.24) is 5.32 Å². The molecule has 0 saturated heterocycles. The largest absolute Gasteiger partial charge is 0.355 e. The van der Waals surface area contributed by atoms with Gasteiger partial charge in [0.15, 0.2) is 0 Å². The van der Waals surface area contributed by atoms with Crippen LogP contribution in [0.25, 0.3) is 0 Å². The Hall–Kier alpha value is -1.38. The maximum absolute atomic E-state index is 13.6. The molecule has 1 amide bonds. The first kappa shape index (κ1) is 11.1. The minimum atomic E-state index is -0.161. The highest BCUT2D eigenvalue weighted by molar-refractivity contribution is 5.75. The second kappa shape index (κ2) is 4.24. The molecule has 0 unspecified atom stereocenters. The van der Waals surface area contributed by atoms with Gasteiger partial charge in [-0.25, -0.2) is 4.39 Å². The van der Waals surface area contributed by atoms with E-state index in [2.05, 4.69) is 5.32 Å². The third-order valence-electron chi connectivity index (χ3n) is 3.24. The Kier molecular flexibility index (Phi) is 2.95. The maximum Gasteiger partial charge on any atom is 0.219 e. The van der Waals surface area contributed by atoms with Crippen LogP contribution in [0, 0.1) is 5.82 Å². The van der Waals surface area contributed by atoms with Crippen LogP contribution in [0.3, 0.4) is 0 Å². The number of hydrogen-bond acceptors (Lipinski definition) is 1. The lowest BCUT2D eigenvalue weighted by molar-refractivity contribution is -0.120. The van der Waals surface area contributed by atoms with Gasteiger partial charge in [-0.15, -0.1) is 0 Å². The number of carbonyl (C=O) groups excluding carboxylic acids is 1. The fraction of sp³-hybridized carbons (Fsp3) is 0.462. The zero-order chi connectivity index (χ0) is 11.6. The van der Waals surface area contributed by atoms with Crippen molar-refractivity contribution >= 4 is 5.91 Å². The minimum absolute atomic E-state index is 0.0302. The molecule has 0 aliphatic heterocycles. The van der Waals surface area contributed by atoms with Crippen molar-refractivity contribution in [2.45, 2.75) is 31.6 Å². The third-order valence-corrected chi connectivity index (χ3v) is 3.24. The minimum Gasteiger partial charge on any atom is -0.355 e. The number of carbonyl (C=O) groups is 1. The zero-order valence-corrected chi connectivity index (χ0v) is 9.42. The highest BCUT2D eigenvalue weighted by Gasteiger charge is 2.45. The fourth-order valence-electron chi connectivity index (χ4n) is 1.98. The van der Waals surface area contributed by atoms with Gasteiger partial charge in [0.1, 0.15) is 5.82 Å². The SMILES string of the molecule is CCC(=O)NCC1(c2ccccc2F)CC1. The van der Waals surface area contributed by atoms with Crippen LogP contribution in [-0.2, 0) is 10.2 Å². The number of amides is 1. The molecule has 0 aromatic heterocycles. The lowest BCUT2D eigenvalue weighted by atomic mass is 9.95. The predicted molar refractivity (Wildman–Crippen MR) is 60.6 cm³/mol. The molecule has 1 aromatic carbocycles. The number of benzene rings is 1. The summed E-state index contributed by atoms with van der Waals surface area (Å²) < 4.78 is 13.6. The molecule has 0 atom stereocenters. The smallest absolute Gasteiger partial charge is 0.219 e. The normalized spacial score (nSPS) is 16.9. The van der Waals surface area contributed by atoms with Crippen LogP contribution < -0.4 is 5.32 Å². The molecule has 0 heterocycles. The molecule has 86 valence electrons. The second-order valence-corrected chi connectivity index (χ2v) is 4.39. The van der Waals surface area contributed by atoms with E-state index in [1.54, 1.807) is 6.07 Å². The van der Waals surface area contributed by atoms with Crippen molar-refractivity contribution in [1.29, 1.82) is 0 Å². The monoisotopic (exact) mass is 221 g/mol. The van der Waals surface area contributed by atoms with E-state index in [1.165, 1.54) is 6.07 Å². The van der Waals surface area contributed by atoms with E-state index >= 15 is 0 Å². The molecule has 3 heteroatoms. The molecule has 1 N–H and O–H groups in total. The predicted octanol–water partition coefficient (Wildman–Crippen LogP) is 2.38. The van der Waals surface area contributed by atoms with E-state index in [1.807, 2.05) is 19.1 Å². The Morgan fingerprint density at radius 2 is 2.12 bits per heavy atom. The Balaban J connectivity index is 2.09. The van der Waals surface area contributed by atoms with Gasteiger partial charge < -0.3 is 5.32 Å². The van der Waals surface area contributed by atoms with E-state index in [0.29, 0.717) is 13.0 Å². The van der Waals surface area contributed by atoms with Crippen molar-refractivity contribution in [3.63, 3.8) is 0 Å². The highest BCUT2D eigenvalue weighted by Crippen LogP contribution is 2.48. The molecule has 2 nitrogen and oxygen atoms in total. The molecule has 1 saturated carbocycles. The van der Waals surface area contributed by atoms with Crippen LogP contribution >= 0.6 is 0 Å². The summed E-state index contributed by atoms with van der Waals surface area (Å²) in [6.45, 7) is 2.37. The van der Waals surface area contributed by atoms with Crippen LogP contribution in [0.1, 0.15) is 31.7 Å². The molecular formula is C13H16FNO. The molecule has 16 heavy (non-hydrogen) atoms. The van der Waals surface area contributed by atoms with E-state index in [0.717, 1.165) is 18.4 Å². The van der Waals surface area contributed by atoms with Crippen molar-refractivity contribution in [2.75, 3.05) is 6.54 Å². The fourth-order valence-corrected chi connectivity index (χ4v) is 1.98. The molecule has 0 radical (unpaired) electrons. The Bertz CT molecular complexity index is 399.